The molecule has 0 rings (SSSR count). The summed E-state index contributed by atoms with van der Waals surface area (Å²) < 4.78 is 42.8. The van der Waals surface area contributed by atoms with Crippen LogP contribution in [-0.2, 0) is 0 Å². The maximum absolute atomic E-state index is 14.3. The molecule has 0 saturated carbocycles. The Hall–Kier alpha value is -3.33. The average Bonchev–Trinajstić information content (AvgIpc) is 2.66. The maximum atomic E-state index is 14.3. The van der Waals surface area contributed by atoms with Gasteiger partial charge in [-0.1, -0.05) is 89.1 Å². The van der Waals surface area contributed by atoms with Crippen LogP contribution in [0, 0.1) is 0 Å². The lowest BCUT2D eigenvalue weighted by Crippen LogP contribution is -1.94. The summed E-state index contributed by atoms with van der Waals surface area (Å²) in [5, 5.41) is 0. The molecule has 0 aromatic rings. The van der Waals surface area contributed by atoms with Gasteiger partial charge in [0.1, 0.15) is 5.83 Å². The van der Waals surface area contributed by atoms with Crippen LogP contribution < -0.4 is 0 Å². The highest BCUT2D eigenvalue weighted by atomic mass is 19.2. The molecular formula is C24H23F3. The van der Waals surface area contributed by atoms with Gasteiger partial charge in [0.25, 0.3) is 0 Å². The smallest absolute Gasteiger partial charge is 0.166 e. The Kier molecular flexibility index (Phi) is 9.92. The predicted octanol–water partition coefficient (Wildman–Crippen LogP) is 7.81. The second-order valence-corrected chi connectivity index (χ2v) is 5.32. The molecule has 140 valence electrons. The zero-order chi connectivity index (χ0) is 21.1. The standard InChI is InChI=1S/C24H23F3/c1-9-11-13-16(3)19(6)22(25)15-18(5)21(8)24(27)23(26)20(7)17(4)14-12-10-2/h9-15H,1-8H2/b13-11-,14-12-,22-15+,24-23-. The van der Waals surface area contributed by atoms with Gasteiger partial charge in [-0.15, -0.1) is 0 Å². The van der Waals surface area contributed by atoms with E-state index in [-0.39, 0.29) is 22.3 Å². The van der Waals surface area contributed by atoms with Crippen molar-refractivity contribution in [2.45, 2.75) is 0 Å². The molecule has 0 fully saturated rings. The van der Waals surface area contributed by atoms with Gasteiger partial charge in [0.15, 0.2) is 11.7 Å². The van der Waals surface area contributed by atoms with Crippen LogP contribution in [0.15, 0.2) is 146 Å². The third-order valence-corrected chi connectivity index (χ3v) is 3.34. The molecule has 0 aliphatic rings. The molecule has 0 spiro atoms. The van der Waals surface area contributed by atoms with Crippen LogP contribution in [0.1, 0.15) is 0 Å². The highest BCUT2D eigenvalue weighted by molar-refractivity contribution is 5.57. The summed E-state index contributed by atoms with van der Waals surface area (Å²) in [7, 11) is 0. The quantitative estimate of drug-likeness (QED) is 0.326. The Labute approximate surface area is 159 Å². The minimum atomic E-state index is -1.31. The summed E-state index contributed by atoms with van der Waals surface area (Å²) in [5.74, 6) is -3.37. The summed E-state index contributed by atoms with van der Waals surface area (Å²) in [6.45, 7) is 28.1. The van der Waals surface area contributed by atoms with E-state index in [1.807, 2.05) is 0 Å². The Bertz CT molecular complexity index is 837. The van der Waals surface area contributed by atoms with E-state index in [0.717, 1.165) is 6.08 Å². The fraction of sp³-hybridized carbons (Fsp3) is 0. The molecule has 0 aliphatic carbocycles. The number of hydrogen-bond acceptors (Lipinski definition) is 0. The second-order valence-electron chi connectivity index (χ2n) is 5.32. The third-order valence-electron chi connectivity index (χ3n) is 3.34. The van der Waals surface area contributed by atoms with E-state index < -0.39 is 23.1 Å². The minimum Gasteiger partial charge on any atom is -0.206 e. The van der Waals surface area contributed by atoms with Crippen LogP contribution in [0.4, 0.5) is 13.2 Å². The monoisotopic (exact) mass is 368 g/mol. The first-order chi connectivity index (χ1) is 12.6. The molecule has 0 radical (unpaired) electrons. The number of rotatable bonds is 11. The molecule has 0 bridgehead atoms. The largest absolute Gasteiger partial charge is 0.206 e. The average molecular weight is 368 g/mol. The predicted molar refractivity (Wildman–Crippen MR) is 112 cm³/mol. The van der Waals surface area contributed by atoms with Crippen LogP contribution >= 0.6 is 0 Å². The first-order valence-corrected chi connectivity index (χ1v) is 7.74. The van der Waals surface area contributed by atoms with E-state index in [4.69, 9.17) is 0 Å². The van der Waals surface area contributed by atoms with Crippen LogP contribution in [0.2, 0.25) is 0 Å². The Morgan fingerprint density at radius 3 is 1.33 bits per heavy atom. The van der Waals surface area contributed by atoms with Crippen LogP contribution in [0.25, 0.3) is 0 Å². The minimum absolute atomic E-state index is 0.0285. The highest BCUT2D eigenvalue weighted by Gasteiger charge is 2.16. The van der Waals surface area contributed by atoms with E-state index in [1.54, 1.807) is 6.08 Å². The fourth-order valence-electron chi connectivity index (χ4n) is 1.60. The van der Waals surface area contributed by atoms with Gasteiger partial charge in [0, 0.05) is 16.7 Å². The summed E-state index contributed by atoms with van der Waals surface area (Å²) in [6, 6.07) is 0. The Balaban J connectivity index is 5.50. The van der Waals surface area contributed by atoms with Crippen molar-refractivity contribution >= 4 is 0 Å². The fourth-order valence-corrected chi connectivity index (χ4v) is 1.60. The summed E-state index contributed by atoms with van der Waals surface area (Å²) in [5.41, 5.74) is -0.439. The normalized spacial score (nSPS) is 12.5. The van der Waals surface area contributed by atoms with Gasteiger partial charge in [-0.2, -0.15) is 0 Å². The lowest BCUT2D eigenvalue weighted by Gasteiger charge is -2.09. The summed E-state index contributed by atoms with van der Waals surface area (Å²) in [4.78, 5) is 0. The lowest BCUT2D eigenvalue weighted by molar-refractivity contribution is 0.560. The Morgan fingerprint density at radius 1 is 0.556 bits per heavy atom. The van der Waals surface area contributed by atoms with Gasteiger partial charge in [0.2, 0.25) is 0 Å². The van der Waals surface area contributed by atoms with Crippen molar-refractivity contribution in [1.82, 2.24) is 0 Å². The Morgan fingerprint density at radius 2 is 0.926 bits per heavy atom. The second kappa shape index (κ2) is 11.3. The highest BCUT2D eigenvalue weighted by Crippen LogP contribution is 2.30. The molecule has 3 heteroatoms. The van der Waals surface area contributed by atoms with Gasteiger partial charge in [-0.25, -0.2) is 13.2 Å². The van der Waals surface area contributed by atoms with E-state index in [1.165, 1.54) is 30.4 Å². The molecule has 0 aromatic heterocycles. The van der Waals surface area contributed by atoms with Gasteiger partial charge >= 0.3 is 0 Å². The first kappa shape index (κ1) is 23.7. The van der Waals surface area contributed by atoms with Crippen LogP contribution in [0.5, 0.6) is 0 Å². The van der Waals surface area contributed by atoms with Crippen molar-refractivity contribution < 1.29 is 13.2 Å². The summed E-state index contributed by atoms with van der Waals surface area (Å²) >= 11 is 0. The number of halogens is 3. The topological polar surface area (TPSA) is 0 Å². The third kappa shape index (κ3) is 7.20. The van der Waals surface area contributed by atoms with E-state index in [9.17, 15) is 13.2 Å². The molecule has 0 N–H and O–H groups in total. The zero-order valence-electron chi connectivity index (χ0n) is 15.3. The molecule has 0 nitrogen and oxygen atoms in total. The van der Waals surface area contributed by atoms with Crippen molar-refractivity contribution in [3.8, 4) is 0 Å². The number of allylic oxidation sites excluding steroid dienone is 16. The van der Waals surface area contributed by atoms with Crippen LogP contribution in [-0.4, -0.2) is 0 Å². The zero-order valence-corrected chi connectivity index (χ0v) is 15.3. The van der Waals surface area contributed by atoms with E-state index in [2.05, 4.69) is 52.6 Å². The molecule has 0 amide bonds. The molecule has 0 heterocycles. The molecule has 0 atom stereocenters. The van der Waals surface area contributed by atoms with Crippen molar-refractivity contribution in [3.05, 3.63) is 146 Å². The van der Waals surface area contributed by atoms with Crippen molar-refractivity contribution in [2.75, 3.05) is 0 Å². The van der Waals surface area contributed by atoms with Gasteiger partial charge in [-0.05, 0) is 22.8 Å². The van der Waals surface area contributed by atoms with Crippen molar-refractivity contribution in [2.24, 2.45) is 0 Å². The molecule has 0 aliphatic heterocycles. The summed E-state index contributed by atoms with van der Waals surface area (Å²) in [6.07, 6.45) is 9.85. The lowest BCUT2D eigenvalue weighted by atomic mass is 10.0. The SMILES string of the molecule is C=C/C=C\C(=C)C(=C)/C(F)=C(/F)C(=C)C(=C)/C=C(/F)C(=C)C(=C)/C=C\C=C. The number of hydrogen-bond donors (Lipinski definition) is 0. The van der Waals surface area contributed by atoms with Crippen LogP contribution in [0.3, 0.4) is 0 Å². The molecule has 0 aromatic carbocycles. The van der Waals surface area contributed by atoms with Gasteiger partial charge in [0.05, 0.1) is 0 Å². The van der Waals surface area contributed by atoms with Crippen molar-refractivity contribution in [3.63, 3.8) is 0 Å². The molecule has 27 heavy (non-hydrogen) atoms. The van der Waals surface area contributed by atoms with Gasteiger partial charge < -0.3 is 0 Å². The molecular weight excluding hydrogens is 345 g/mol. The molecule has 0 saturated heterocycles. The van der Waals surface area contributed by atoms with E-state index in [0.29, 0.717) is 5.57 Å². The maximum Gasteiger partial charge on any atom is 0.166 e. The first-order valence-electron chi connectivity index (χ1n) is 7.74. The van der Waals surface area contributed by atoms with Crippen molar-refractivity contribution in [1.29, 1.82) is 0 Å². The molecule has 0 unspecified atom stereocenters. The van der Waals surface area contributed by atoms with Gasteiger partial charge in [-0.3, -0.25) is 0 Å². The van der Waals surface area contributed by atoms with E-state index >= 15 is 0 Å².